The molecule has 0 N–H and O–H groups in total. The minimum absolute atomic E-state index is 0.830. The first-order chi connectivity index (χ1) is 14.2. The zero-order valence-corrected chi connectivity index (χ0v) is 16.9. The van der Waals surface area contributed by atoms with E-state index in [1.807, 2.05) is 36.4 Å². The molecule has 0 fully saturated rings. The van der Waals surface area contributed by atoms with Crippen molar-refractivity contribution in [3.63, 3.8) is 0 Å². The van der Waals surface area contributed by atoms with Gasteiger partial charge in [-0.2, -0.15) is 0 Å². The zero-order valence-electron chi connectivity index (χ0n) is 16.0. The summed E-state index contributed by atoms with van der Waals surface area (Å²) in [5.74, 6) is 0.830. The van der Waals surface area contributed by atoms with E-state index < -0.39 is 0 Å². The Balaban J connectivity index is 1.66. The third-order valence-corrected chi connectivity index (χ3v) is 5.56. The number of ether oxygens (including phenoxy) is 1. The van der Waals surface area contributed by atoms with Gasteiger partial charge in [-0.25, -0.2) is 4.99 Å². The topological polar surface area (TPSA) is 21.6 Å². The summed E-state index contributed by atoms with van der Waals surface area (Å²) < 4.78 is 5.27. The number of rotatable bonds is 3. The van der Waals surface area contributed by atoms with Gasteiger partial charge in [-0.1, -0.05) is 48.5 Å². The van der Waals surface area contributed by atoms with Gasteiger partial charge in [0.2, 0.25) is 0 Å². The van der Waals surface area contributed by atoms with E-state index in [1.54, 1.807) is 7.11 Å². The summed E-state index contributed by atoms with van der Waals surface area (Å²) in [7, 11) is 1.67. The van der Waals surface area contributed by atoms with Crippen molar-refractivity contribution in [1.82, 2.24) is 0 Å². The highest BCUT2D eigenvalue weighted by Gasteiger charge is 2.25. The molecule has 2 nitrogen and oxygen atoms in total. The van der Waals surface area contributed by atoms with Crippen molar-refractivity contribution in [2.24, 2.45) is 4.99 Å². The molecule has 0 radical (unpaired) electrons. The molecular weight excluding hydrogens is 374 g/mol. The highest BCUT2D eigenvalue weighted by Crippen LogP contribution is 2.40. The van der Waals surface area contributed by atoms with E-state index in [-0.39, 0.29) is 0 Å². The molecule has 29 heavy (non-hydrogen) atoms. The molecule has 4 aromatic carbocycles. The molecule has 0 aliphatic heterocycles. The third kappa shape index (κ3) is 3.24. The first kappa shape index (κ1) is 17.8. The lowest BCUT2D eigenvalue weighted by Crippen LogP contribution is -1.98. The highest BCUT2D eigenvalue weighted by molar-refractivity contribution is 7.80. The Morgan fingerprint density at radius 2 is 1.31 bits per heavy atom. The fraction of sp³-hybridized carbons (Fsp3) is 0.0385. The summed E-state index contributed by atoms with van der Waals surface area (Å²) in [6, 6.07) is 31.2. The second-order valence-electron chi connectivity index (χ2n) is 7.01. The molecule has 0 spiro atoms. The lowest BCUT2D eigenvalue weighted by atomic mass is 9.99. The second-order valence-corrected chi connectivity index (χ2v) is 7.53. The SMILES string of the molecule is COc1ccc(/N=C2\c3ccccc3-c3ccc(-c4ccc(S)cc4)cc32)cc1. The van der Waals surface area contributed by atoms with Crippen LogP contribution in [-0.4, -0.2) is 12.8 Å². The highest BCUT2D eigenvalue weighted by atomic mass is 32.1. The second kappa shape index (κ2) is 7.26. The first-order valence-electron chi connectivity index (χ1n) is 9.49. The van der Waals surface area contributed by atoms with E-state index in [2.05, 4.69) is 67.2 Å². The van der Waals surface area contributed by atoms with Crippen molar-refractivity contribution < 1.29 is 4.74 Å². The van der Waals surface area contributed by atoms with Crippen molar-refractivity contribution >= 4 is 24.0 Å². The summed E-state index contributed by atoms with van der Waals surface area (Å²) >= 11 is 4.40. The van der Waals surface area contributed by atoms with Gasteiger partial charge in [-0.3, -0.25) is 0 Å². The molecule has 0 bridgehead atoms. The molecule has 5 rings (SSSR count). The van der Waals surface area contributed by atoms with E-state index in [0.717, 1.165) is 27.6 Å². The number of hydrogen-bond acceptors (Lipinski definition) is 3. The average molecular weight is 394 g/mol. The number of hydrogen-bond donors (Lipinski definition) is 1. The Labute approximate surface area is 175 Å². The maximum atomic E-state index is 5.27. The van der Waals surface area contributed by atoms with Crippen LogP contribution in [0, 0.1) is 0 Å². The molecule has 140 valence electrons. The lowest BCUT2D eigenvalue weighted by molar-refractivity contribution is 0.415. The lowest BCUT2D eigenvalue weighted by Gasteiger charge is -2.07. The van der Waals surface area contributed by atoms with Crippen LogP contribution in [0.15, 0.2) is 101 Å². The number of benzene rings is 4. The summed E-state index contributed by atoms with van der Waals surface area (Å²) in [5.41, 5.74) is 9.05. The molecule has 1 aliphatic rings. The van der Waals surface area contributed by atoms with Crippen LogP contribution in [0.4, 0.5) is 5.69 Å². The van der Waals surface area contributed by atoms with Crippen molar-refractivity contribution in [3.8, 4) is 28.0 Å². The molecule has 4 aromatic rings. The molecule has 0 aromatic heterocycles. The van der Waals surface area contributed by atoms with E-state index in [4.69, 9.17) is 9.73 Å². The van der Waals surface area contributed by atoms with E-state index in [9.17, 15) is 0 Å². The molecule has 3 heteroatoms. The largest absolute Gasteiger partial charge is 0.497 e. The Morgan fingerprint density at radius 1 is 0.655 bits per heavy atom. The minimum atomic E-state index is 0.830. The maximum absolute atomic E-state index is 5.27. The number of methoxy groups -OCH3 is 1. The monoisotopic (exact) mass is 393 g/mol. The van der Waals surface area contributed by atoms with Crippen LogP contribution >= 0.6 is 12.6 Å². The van der Waals surface area contributed by atoms with Crippen molar-refractivity contribution in [2.45, 2.75) is 4.90 Å². The predicted octanol–water partition coefficient (Wildman–Crippen LogP) is 6.80. The number of fused-ring (bicyclic) bond motifs is 3. The number of thiol groups is 1. The van der Waals surface area contributed by atoms with Crippen molar-refractivity contribution in [3.05, 3.63) is 102 Å². The van der Waals surface area contributed by atoms with Crippen molar-refractivity contribution in [1.29, 1.82) is 0 Å². The van der Waals surface area contributed by atoms with Gasteiger partial charge in [0, 0.05) is 16.0 Å². The standard InChI is InChI=1S/C26H19NOS/c1-28-20-11-9-19(10-12-20)27-26-24-5-3-2-4-22(24)23-15-8-18(16-25(23)26)17-6-13-21(29)14-7-17/h2-16,29H,1H3/b27-26+. The molecule has 1 aliphatic carbocycles. The Hall–Kier alpha value is -3.30. The first-order valence-corrected chi connectivity index (χ1v) is 9.94. The zero-order chi connectivity index (χ0) is 19.8. The summed E-state index contributed by atoms with van der Waals surface area (Å²) in [5, 5.41) is 0. The van der Waals surface area contributed by atoms with Gasteiger partial charge < -0.3 is 4.74 Å². The smallest absolute Gasteiger partial charge is 0.119 e. The minimum Gasteiger partial charge on any atom is -0.497 e. The molecule has 0 unspecified atom stereocenters. The van der Waals surface area contributed by atoms with Gasteiger partial charge in [-0.15, -0.1) is 12.6 Å². The van der Waals surface area contributed by atoms with Crippen LogP contribution in [-0.2, 0) is 0 Å². The molecule has 0 saturated heterocycles. The van der Waals surface area contributed by atoms with Crippen molar-refractivity contribution in [2.75, 3.05) is 7.11 Å². The summed E-state index contributed by atoms with van der Waals surface area (Å²) in [6.07, 6.45) is 0. The quantitative estimate of drug-likeness (QED) is 0.334. The van der Waals surface area contributed by atoms with Gasteiger partial charge in [0.05, 0.1) is 18.5 Å². The fourth-order valence-corrected chi connectivity index (χ4v) is 3.93. The maximum Gasteiger partial charge on any atom is 0.119 e. The van der Waals surface area contributed by atoms with Gasteiger partial charge >= 0.3 is 0 Å². The summed E-state index contributed by atoms with van der Waals surface area (Å²) in [4.78, 5) is 5.98. The number of aliphatic imine (C=N–C) groups is 1. The van der Waals surface area contributed by atoms with Gasteiger partial charge in [0.1, 0.15) is 5.75 Å². The van der Waals surface area contributed by atoms with E-state index in [1.165, 1.54) is 27.8 Å². The van der Waals surface area contributed by atoms with Gasteiger partial charge in [0.25, 0.3) is 0 Å². The normalized spacial score (nSPS) is 13.2. The van der Waals surface area contributed by atoms with Crippen LogP contribution in [0.25, 0.3) is 22.3 Å². The predicted molar refractivity (Wildman–Crippen MR) is 123 cm³/mol. The molecule has 0 saturated carbocycles. The van der Waals surface area contributed by atoms with Gasteiger partial charge in [0.15, 0.2) is 0 Å². The Morgan fingerprint density at radius 3 is 2.03 bits per heavy atom. The van der Waals surface area contributed by atoms with Crippen LogP contribution in [0.2, 0.25) is 0 Å². The van der Waals surface area contributed by atoms with Crippen LogP contribution in [0.3, 0.4) is 0 Å². The summed E-state index contributed by atoms with van der Waals surface area (Å²) in [6.45, 7) is 0. The van der Waals surface area contributed by atoms with Crippen LogP contribution in [0.5, 0.6) is 5.75 Å². The Bertz CT molecular complexity index is 1220. The third-order valence-electron chi connectivity index (χ3n) is 5.26. The number of nitrogens with zero attached hydrogens (tertiary/aromatic N) is 1. The Kier molecular flexibility index (Phi) is 4.45. The molecular formula is C26H19NOS. The fourth-order valence-electron chi connectivity index (χ4n) is 3.78. The molecule has 0 heterocycles. The van der Waals surface area contributed by atoms with E-state index >= 15 is 0 Å². The average Bonchev–Trinajstić information content (AvgIpc) is 3.08. The molecule has 0 amide bonds. The van der Waals surface area contributed by atoms with Gasteiger partial charge in [-0.05, 0) is 64.7 Å². The molecule has 0 atom stereocenters. The van der Waals surface area contributed by atoms with Crippen LogP contribution in [0.1, 0.15) is 11.1 Å². The van der Waals surface area contributed by atoms with Crippen LogP contribution < -0.4 is 4.74 Å². The van der Waals surface area contributed by atoms with E-state index in [0.29, 0.717) is 0 Å².